The van der Waals surface area contributed by atoms with Gasteiger partial charge in [0.1, 0.15) is 17.9 Å². The number of amides is 1. The van der Waals surface area contributed by atoms with Crippen LogP contribution in [0.1, 0.15) is 18.4 Å². The van der Waals surface area contributed by atoms with Gasteiger partial charge < -0.3 is 19.4 Å². The van der Waals surface area contributed by atoms with Gasteiger partial charge >= 0.3 is 6.18 Å². The molecule has 0 saturated carbocycles. The summed E-state index contributed by atoms with van der Waals surface area (Å²) in [6.45, 7) is 3.36. The predicted octanol–water partition coefficient (Wildman–Crippen LogP) is 4.74. The topological polar surface area (TPSA) is 61.8 Å². The first-order valence-electron chi connectivity index (χ1n) is 12.7. The molecule has 2 aliphatic heterocycles. The molecular weight excluding hydrogens is 495 g/mol. The average molecular weight is 526 g/mol. The number of carbonyl (C=O) groups is 1. The maximum absolute atomic E-state index is 13.4. The van der Waals surface area contributed by atoms with Crippen LogP contribution in [0.25, 0.3) is 11.3 Å². The van der Waals surface area contributed by atoms with E-state index in [1.807, 2.05) is 40.1 Å². The van der Waals surface area contributed by atoms with E-state index in [1.165, 1.54) is 12.1 Å². The molecule has 3 heterocycles. The maximum atomic E-state index is 13.4. The molecular formula is C28H30F3N5O2. The summed E-state index contributed by atoms with van der Waals surface area (Å²) in [7, 11) is 1.63. The lowest BCUT2D eigenvalue weighted by Crippen LogP contribution is -2.52. The fraction of sp³-hybridized carbons (Fsp3) is 0.393. The number of anilines is 2. The highest BCUT2D eigenvalue weighted by molar-refractivity contribution is 5.80. The second-order valence-electron chi connectivity index (χ2n) is 9.64. The number of carbonyl (C=O) groups excluding carboxylic acids is 1. The van der Waals surface area contributed by atoms with Crippen LogP contribution in [0, 0.1) is 5.92 Å². The molecule has 10 heteroatoms. The Morgan fingerprint density at radius 1 is 0.947 bits per heavy atom. The summed E-state index contributed by atoms with van der Waals surface area (Å²) in [6, 6.07) is 15.0. The first-order chi connectivity index (χ1) is 18.3. The highest BCUT2D eigenvalue weighted by Crippen LogP contribution is 2.32. The van der Waals surface area contributed by atoms with Crippen LogP contribution in [0.4, 0.5) is 24.7 Å². The predicted molar refractivity (Wildman–Crippen MR) is 139 cm³/mol. The van der Waals surface area contributed by atoms with Crippen molar-refractivity contribution in [3.63, 3.8) is 0 Å². The third kappa shape index (κ3) is 5.69. The number of nitrogens with zero attached hydrogens (tertiary/aromatic N) is 5. The SMILES string of the molecule is COc1ccc(-c2cc(N3CCCC(C(=O)N4CCN(c5cccc(C(F)(F)F)c5)CC4)C3)ncn2)cc1. The molecule has 2 aliphatic rings. The van der Waals surface area contributed by atoms with Crippen LogP contribution in [0.5, 0.6) is 5.75 Å². The van der Waals surface area contributed by atoms with Crippen LogP contribution in [0.2, 0.25) is 0 Å². The van der Waals surface area contributed by atoms with E-state index in [1.54, 1.807) is 19.5 Å². The van der Waals surface area contributed by atoms with Gasteiger partial charge in [0.25, 0.3) is 0 Å². The minimum atomic E-state index is -4.38. The van der Waals surface area contributed by atoms with E-state index in [4.69, 9.17) is 4.74 Å². The van der Waals surface area contributed by atoms with E-state index in [-0.39, 0.29) is 11.8 Å². The Morgan fingerprint density at radius 3 is 2.42 bits per heavy atom. The van der Waals surface area contributed by atoms with Crippen LogP contribution in [0.15, 0.2) is 60.9 Å². The Kier molecular flexibility index (Phi) is 7.40. The van der Waals surface area contributed by atoms with E-state index in [0.29, 0.717) is 38.4 Å². The summed E-state index contributed by atoms with van der Waals surface area (Å²) in [5.41, 5.74) is 1.64. The van der Waals surface area contributed by atoms with Gasteiger partial charge in [-0.1, -0.05) is 6.07 Å². The van der Waals surface area contributed by atoms with E-state index in [2.05, 4.69) is 14.9 Å². The minimum absolute atomic E-state index is 0.0998. The van der Waals surface area contributed by atoms with Crippen molar-refractivity contribution >= 4 is 17.4 Å². The molecule has 7 nitrogen and oxygen atoms in total. The highest BCUT2D eigenvalue weighted by Gasteiger charge is 2.33. The summed E-state index contributed by atoms with van der Waals surface area (Å²) < 4.78 is 44.6. The van der Waals surface area contributed by atoms with Crippen molar-refractivity contribution in [1.29, 1.82) is 0 Å². The number of rotatable bonds is 5. The Bertz CT molecular complexity index is 1260. The van der Waals surface area contributed by atoms with Gasteiger partial charge in [-0.15, -0.1) is 0 Å². The van der Waals surface area contributed by atoms with Crippen molar-refractivity contribution in [3.05, 3.63) is 66.5 Å². The summed E-state index contributed by atoms with van der Waals surface area (Å²) in [4.78, 5) is 28.2. The molecule has 2 saturated heterocycles. The van der Waals surface area contributed by atoms with Crippen LogP contribution in [0.3, 0.4) is 0 Å². The molecule has 0 spiro atoms. The van der Waals surface area contributed by atoms with E-state index < -0.39 is 11.7 Å². The zero-order valence-corrected chi connectivity index (χ0v) is 21.2. The van der Waals surface area contributed by atoms with Crippen LogP contribution in [-0.4, -0.2) is 67.2 Å². The van der Waals surface area contributed by atoms with Gasteiger partial charge in [-0.25, -0.2) is 9.97 Å². The fourth-order valence-electron chi connectivity index (χ4n) is 5.15. The Hall–Kier alpha value is -3.82. The molecule has 2 fully saturated rings. The molecule has 2 aromatic carbocycles. The number of methoxy groups -OCH3 is 1. The fourth-order valence-corrected chi connectivity index (χ4v) is 5.15. The number of piperidine rings is 1. The van der Waals surface area contributed by atoms with E-state index >= 15 is 0 Å². The van der Waals surface area contributed by atoms with Crippen molar-refractivity contribution in [1.82, 2.24) is 14.9 Å². The van der Waals surface area contributed by atoms with Gasteiger partial charge in [0.15, 0.2) is 0 Å². The third-order valence-corrected chi connectivity index (χ3v) is 7.26. The van der Waals surface area contributed by atoms with Gasteiger partial charge in [0.05, 0.1) is 24.3 Å². The molecule has 0 bridgehead atoms. The number of hydrogen-bond donors (Lipinski definition) is 0. The zero-order chi connectivity index (χ0) is 26.7. The lowest BCUT2D eigenvalue weighted by Gasteiger charge is -2.40. The number of halogens is 3. The maximum Gasteiger partial charge on any atom is 0.416 e. The lowest BCUT2D eigenvalue weighted by atomic mass is 9.96. The summed E-state index contributed by atoms with van der Waals surface area (Å²) in [6.07, 6.45) is -1.14. The molecule has 5 rings (SSSR count). The first-order valence-corrected chi connectivity index (χ1v) is 12.7. The number of piperazine rings is 1. The van der Waals surface area contributed by atoms with Crippen LogP contribution < -0.4 is 14.5 Å². The number of alkyl halides is 3. The molecule has 1 unspecified atom stereocenters. The molecule has 1 aromatic heterocycles. The first kappa shape index (κ1) is 25.8. The summed E-state index contributed by atoms with van der Waals surface area (Å²) in [5.74, 6) is 1.51. The monoisotopic (exact) mass is 525 g/mol. The second-order valence-corrected chi connectivity index (χ2v) is 9.64. The quantitative estimate of drug-likeness (QED) is 0.480. The number of ether oxygens (including phenoxy) is 1. The Morgan fingerprint density at radius 2 is 1.71 bits per heavy atom. The van der Waals surface area contributed by atoms with Crippen LogP contribution >= 0.6 is 0 Å². The number of hydrogen-bond acceptors (Lipinski definition) is 6. The molecule has 3 aromatic rings. The average Bonchev–Trinajstić information content (AvgIpc) is 2.97. The van der Waals surface area contributed by atoms with Crippen molar-refractivity contribution in [2.45, 2.75) is 19.0 Å². The Labute approximate surface area is 219 Å². The molecule has 1 atom stereocenters. The van der Waals surface area contributed by atoms with Crippen LogP contribution in [-0.2, 0) is 11.0 Å². The van der Waals surface area contributed by atoms with E-state index in [0.717, 1.165) is 48.3 Å². The van der Waals surface area contributed by atoms with Crippen molar-refractivity contribution in [2.75, 3.05) is 56.2 Å². The van der Waals surface area contributed by atoms with Crippen molar-refractivity contribution < 1.29 is 22.7 Å². The second kappa shape index (κ2) is 10.9. The normalized spacial score (nSPS) is 18.4. The molecule has 0 aliphatic carbocycles. The van der Waals surface area contributed by atoms with Crippen molar-refractivity contribution in [3.8, 4) is 17.0 Å². The zero-order valence-electron chi connectivity index (χ0n) is 21.2. The van der Waals surface area contributed by atoms with Crippen molar-refractivity contribution in [2.24, 2.45) is 5.92 Å². The van der Waals surface area contributed by atoms with E-state index in [9.17, 15) is 18.0 Å². The molecule has 200 valence electrons. The third-order valence-electron chi connectivity index (χ3n) is 7.26. The summed E-state index contributed by atoms with van der Waals surface area (Å²) >= 11 is 0. The minimum Gasteiger partial charge on any atom is -0.497 e. The lowest BCUT2D eigenvalue weighted by molar-refractivity contribution is -0.137. The van der Waals surface area contributed by atoms with Gasteiger partial charge in [-0.3, -0.25) is 4.79 Å². The van der Waals surface area contributed by atoms with Gasteiger partial charge in [0.2, 0.25) is 5.91 Å². The molecule has 0 radical (unpaired) electrons. The Balaban J connectivity index is 1.21. The largest absolute Gasteiger partial charge is 0.497 e. The molecule has 38 heavy (non-hydrogen) atoms. The molecule has 0 N–H and O–H groups in total. The summed E-state index contributed by atoms with van der Waals surface area (Å²) in [5, 5.41) is 0. The standard InChI is InChI=1S/C28H30F3N5O2/c1-38-24-9-7-20(8-10-24)25-17-26(33-19-32-25)36-11-3-4-21(18-36)27(37)35-14-12-34(13-15-35)23-6-2-5-22(16-23)28(29,30)31/h2,5-10,16-17,19,21H,3-4,11-15,18H2,1H3. The van der Waals surface area contributed by atoms with Gasteiger partial charge in [-0.2, -0.15) is 13.2 Å². The molecule has 1 amide bonds. The highest BCUT2D eigenvalue weighted by atomic mass is 19.4. The van der Waals surface area contributed by atoms with Gasteiger partial charge in [-0.05, 0) is 55.3 Å². The smallest absolute Gasteiger partial charge is 0.416 e. The van der Waals surface area contributed by atoms with Gasteiger partial charge in [0, 0.05) is 56.6 Å². The number of benzene rings is 2. The number of aromatic nitrogens is 2.